The quantitative estimate of drug-likeness (QED) is 0.636. The van der Waals surface area contributed by atoms with Crippen molar-refractivity contribution in [2.45, 2.75) is 19.3 Å². The lowest BCUT2D eigenvalue weighted by Gasteiger charge is -2.26. The molecule has 2 aliphatic rings. The Bertz CT molecular complexity index is 938. The third-order valence-electron chi connectivity index (χ3n) is 5.31. The van der Waals surface area contributed by atoms with E-state index in [1.807, 2.05) is 0 Å². The van der Waals surface area contributed by atoms with Crippen molar-refractivity contribution in [2.75, 3.05) is 42.1 Å². The van der Waals surface area contributed by atoms with Crippen LogP contribution in [0.1, 0.15) is 24.8 Å². The van der Waals surface area contributed by atoms with Crippen LogP contribution in [0.5, 0.6) is 0 Å². The number of nitrogens with zero attached hydrogens (tertiary/aromatic N) is 1. The summed E-state index contributed by atoms with van der Waals surface area (Å²) in [7, 11) is 0. The Morgan fingerprint density at radius 2 is 1.90 bits per heavy atom. The molecular weight excluding hydrogens is 374 g/mol. The molecule has 3 N–H and O–H groups in total. The third-order valence-corrected chi connectivity index (χ3v) is 5.31. The summed E-state index contributed by atoms with van der Waals surface area (Å²) >= 11 is 0. The maximum atomic E-state index is 14.4. The average molecular weight is 398 g/mol. The van der Waals surface area contributed by atoms with Gasteiger partial charge in [0.25, 0.3) is 5.91 Å². The molecular formula is C22H24F2N4O. The summed E-state index contributed by atoms with van der Waals surface area (Å²) in [6.45, 7) is 3.83. The number of anilines is 3. The van der Waals surface area contributed by atoms with E-state index in [1.54, 1.807) is 18.2 Å². The molecule has 5 nitrogen and oxygen atoms in total. The van der Waals surface area contributed by atoms with Crippen molar-refractivity contribution < 1.29 is 13.6 Å². The van der Waals surface area contributed by atoms with E-state index in [0.717, 1.165) is 19.6 Å². The molecule has 0 aliphatic carbocycles. The number of rotatable bonds is 6. The standard InChI is InChI=1S/C22H24F2N4O/c23-15-4-6-17-18(22(29)27-21(17)12-15)14-26-16-5-7-20(19(24)13-16)25-8-11-28-9-2-1-3-10-28/h4-7,12-14,25-26H,1-3,8-11H2,(H,27,29). The van der Waals surface area contributed by atoms with E-state index in [9.17, 15) is 13.6 Å². The lowest BCUT2D eigenvalue weighted by Crippen LogP contribution is -2.33. The van der Waals surface area contributed by atoms with E-state index in [4.69, 9.17) is 0 Å². The molecule has 0 spiro atoms. The monoisotopic (exact) mass is 398 g/mol. The zero-order valence-corrected chi connectivity index (χ0v) is 16.1. The van der Waals surface area contributed by atoms with Crippen LogP contribution in [0.25, 0.3) is 5.57 Å². The van der Waals surface area contributed by atoms with Gasteiger partial charge in [-0.3, -0.25) is 4.79 Å². The Balaban J connectivity index is 1.37. The summed E-state index contributed by atoms with van der Waals surface area (Å²) in [5.41, 5.74) is 2.41. The fourth-order valence-electron chi connectivity index (χ4n) is 3.75. The highest BCUT2D eigenvalue weighted by Crippen LogP contribution is 2.32. The molecule has 2 aliphatic heterocycles. The summed E-state index contributed by atoms with van der Waals surface area (Å²) in [5.74, 6) is -1.09. The van der Waals surface area contributed by atoms with E-state index in [1.165, 1.54) is 43.7 Å². The number of amides is 1. The van der Waals surface area contributed by atoms with Gasteiger partial charge in [0, 0.05) is 30.5 Å². The first-order chi connectivity index (χ1) is 14.1. The normalized spacial score (nSPS) is 17.9. The Morgan fingerprint density at radius 3 is 2.69 bits per heavy atom. The lowest BCUT2D eigenvalue weighted by atomic mass is 10.1. The summed E-state index contributed by atoms with van der Waals surface area (Å²) in [5, 5.41) is 8.73. The van der Waals surface area contributed by atoms with Gasteiger partial charge in [-0.2, -0.15) is 0 Å². The zero-order chi connectivity index (χ0) is 20.2. The number of likely N-dealkylation sites (tertiary alicyclic amines) is 1. The van der Waals surface area contributed by atoms with Crippen molar-refractivity contribution in [3.05, 3.63) is 59.8 Å². The van der Waals surface area contributed by atoms with Crippen LogP contribution in [0.15, 0.2) is 42.6 Å². The van der Waals surface area contributed by atoms with Crippen LogP contribution < -0.4 is 16.0 Å². The largest absolute Gasteiger partial charge is 0.381 e. The molecule has 29 heavy (non-hydrogen) atoms. The molecule has 0 atom stereocenters. The van der Waals surface area contributed by atoms with E-state index in [-0.39, 0.29) is 11.7 Å². The van der Waals surface area contributed by atoms with Crippen LogP contribution in [-0.4, -0.2) is 37.0 Å². The maximum absolute atomic E-state index is 14.4. The average Bonchev–Trinajstić information content (AvgIpc) is 3.02. The topological polar surface area (TPSA) is 56.4 Å². The van der Waals surface area contributed by atoms with Gasteiger partial charge in [0.15, 0.2) is 0 Å². The number of hydrogen-bond donors (Lipinski definition) is 3. The van der Waals surface area contributed by atoms with Gasteiger partial charge in [-0.05, 0) is 62.3 Å². The third kappa shape index (κ3) is 4.56. The number of hydrogen-bond acceptors (Lipinski definition) is 4. The summed E-state index contributed by atoms with van der Waals surface area (Å²) in [6.07, 6.45) is 5.29. The second kappa shape index (κ2) is 8.61. The molecule has 2 heterocycles. The number of carbonyl (C=O) groups excluding carboxylic acids is 1. The minimum Gasteiger partial charge on any atom is -0.381 e. The van der Waals surface area contributed by atoms with Gasteiger partial charge < -0.3 is 20.9 Å². The molecule has 0 bridgehead atoms. The molecule has 152 valence electrons. The van der Waals surface area contributed by atoms with Crippen LogP contribution in [0.3, 0.4) is 0 Å². The SMILES string of the molecule is O=C1Nc2cc(F)ccc2C1=CNc1ccc(NCCN2CCCCC2)c(F)c1. The Kier molecular flexibility index (Phi) is 5.76. The fraction of sp³-hybridized carbons (Fsp3) is 0.318. The first kappa shape index (κ1) is 19.4. The predicted molar refractivity (Wildman–Crippen MR) is 112 cm³/mol. The number of fused-ring (bicyclic) bond motifs is 1. The summed E-state index contributed by atoms with van der Waals surface area (Å²) < 4.78 is 27.7. The fourth-order valence-corrected chi connectivity index (χ4v) is 3.75. The van der Waals surface area contributed by atoms with Crippen molar-refractivity contribution in [3.8, 4) is 0 Å². The van der Waals surface area contributed by atoms with Gasteiger partial charge in [0.1, 0.15) is 11.6 Å². The second-order valence-corrected chi connectivity index (χ2v) is 7.37. The van der Waals surface area contributed by atoms with Crippen molar-refractivity contribution in [1.29, 1.82) is 0 Å². The van der Waals surface area contributed by atoms with E-state index >= 15 is 0 Å². The van der Waals surface area contributed by atoms with Crippen LogP contribution >= 0.6 is 0 Å². The highest BCUT2D eigenvalue weighted by Gasteiger charge is 2.24. The predicted octanol–water partition coefficient (Wildman–Crippen LogP) is 4.27. The smallest absolute Gasteiger partial charge is 0.257 e. The zero-order valence-electron chi connectivity index (χ0n) is 16.1. The maximum Gasteiger partial charge on any atom is 0.257 e. The van der Waals surface area contributed by atoms with Crippen LogP contribution in [0, 0.1) is 11.6 Å². The lowest BCUT2D eigenvalue weighted by molar-refractivity contribution is -0.110. The molecule has 2 aromatic carbocycles. The van der Waals surface area contributed by atoms with Gasteiger partial charge >= 0.3 is 0 Å². The van der Waals surface area contributed by atoms with Crippen LogP contribution in [0.4, 0.5) is 25.8 Å². The van der Waals surface area contributed by atoms with Crippen LogP contribution in [0.2, 0.25) is 0 Å². The molecule has 0 unspecified atom stereocenters. The number of carbonyl (C=O) groups is 1. The number of benzene rings is 2. The molecule has 4 rings (SSSR count). The Morgan fingerprint density at radius 1 is 1.07 bits per heavy atom. The first-order valence-corrected chi connectivity index (χ1v) is 9.94. The highest BCUT2D eigenvalue weighted by molar-refractivity contribution is 6.31. The van der Waals surface area contributed by atoms with E-state index < -0.39 is 5.82 Å². The molecule has 7 heteroatoms. The molecule has 0 saturated carbocycles. The van der Waals surface area contributed by atoms with Gasteiger partial charge in [-0.25, -0.2) is 8.78 Å². The summed E-state index contributed by atoms with van der Waals surface area (Å²) in [6, 6.07) is 8.95. The molecule has 0 aromatic heterocycles. The van der Waals surface area contributed by atoms with Crippen molar-refractivity contribution in [2.24, 2.45) is 0 Å². The van der Waals surface area contributed by atoms with Gasteiger partial charge in [0.05, 0.1) is 16.9 Å². The first-order valence-electron chi connectivity index (χ1n) is 9.94. The van der Waals surface area contributed by atoms with E-state index in [0.29, 0.717) is 34.7 Å². The number of halogens is 2. The Hall–Kier alpha value is -2.93. The van der Waals surface area contributed by atoms with E-state index in [2.05, 4.69) is 20.9 Å². The van der Waals surface area contributed by atoms with Crippen molar-refractivity contribution in [1.82, 2.24) is 4.90 Å². The second-order valence-electron chi connectivity index (χ2n) is 7.37. The number of nitrogens with one attached hydrogen (secondary N) is 3. The number of piperidine rings is 1. The van der Waals surface area contributed by atoms with Crippen molar-refractivity contribution >= 4 is 28.5 Å². The van der Waals surface area contributed by atoms with Gasteiger partial charge in [0.2, 0.25) is 0 Å². The van der Waals surface area contributed by atoms with Gasteiger partial charge in [-0.1, -0.05) is 6.42 Å². The molecule has 0 radical (unpaired) electrons. The minimum absolute atomic E-state index is 0.324. The molecule has 1 amide bonds. The molecule has 1 fully saturated rings. The van der Waals surface area contributed by atoms with Gasteiger partial charge in [-0.15, -0.1) is 0 Å². The summed E-state index contributed by atoms with van der Waals surface area (Å²) in [4.78, 5) is 14.5. The molecule has 1 saturated heterocycles. The minimum atomic E-state index is -0.413. The highest BCUT2D eigenvalue weighted by atomic mass is 19.1. The van der Waals surface area contributed by atoms with Crippen molar-refractivity contribution in [3.63, 3.8) is 0 Å². The Labute approximate surface area is 168 Å². The molecule has 2 aromatic rings. The van der Waals surface area contributed by atoms with Crippen LogP contribution in [-0.2, 0) is 4.79 Å².